The highest BCUT2D eigenvalue weighted by atomic mass is 32.1. The predicted molar refractivity (Wildman–Crippen MR) is 87.7 cm³/mol. The van der Waals surface area contributed by atoms with Crippen molar-refractivity contribution in [3.05, 3.63) is 28.0 Å². The maximum atomic E-state index is 12.5. The van der Waals surface area contributed by atoms with Gasteiger partial charge < -0.3 is 10.1 Å². The Bertz CT molecular complexity index is 789. The highest BCUT2D eigenvalue weighted by molar-refractivity contribution is 7.13. The largest absolute Gasteiger partial charge is 0.465 e. The minimum atomic E-state index is -0.513. The van der Waals surface area contributed by atoms with Crippen LogP contribution in [-0.2, 0) is 20.9 Å². The van der Waals surface area contributed by atoms with Crippen LogP contribution >= 0.6 is 11.3 Å². The number of rotatable bonds is 7. The maximum Gasteiger partial charge on any atom is 0.346 e. The Labute approximate surface area is 142 Å². The number of thiophene rings is 1. The summed E-state index contributed by atoms with van der Waals surface area (Å²) in [6.45, 7) is 1.50. The number of aromatic nitrogens is 3. The number of carbonyl (C=O) groups excluding carboxylic acids is 2. The maximum absolute atomic E-state index is 12.5. The summed E-state index contributed by atoms with van der Waals surface area (Å²) in [5, 5.41) is 8.67. The summed E-state index contributed by atoms with van der Waals surface area (Å²) in [4.78, 5) is 36.6. The lowest BCUT2D eigenvalue weighted by molar-refractivity contribution is -0.143. The first kappa shape index (κ1) is 16.4. The molecule has 128 valence electrons. The van der Waals surface area contributed by atoms with E-state index >= 15 is 0 Å². The minimum Gasteiger partial charge on any atom is -0.465 e. The first-order valence-corrected chi connectivity index (χ1v) is 8.63. The lowest BCUT2D eigenvalue weighted by Gasteiger charge is -2.04. The van der Waals surface area contributed by atoms with Gasteiger partial charge in [-0.25, -0.2) is 9.48 Å². The highest BCUT2D eigenvalue weighted by Crippen LogP contribution is 2.37. The van der Waals surface area contributed by atoms with Crippen LogP contribution in [0.3, 0.4) is 0 Å². The third-order valence-electron chi connectivity index (χ3n) is 3.55. The molecule has 0 spiro atoms. The third-order valence-corrected chi connectivity index (χ3v) is 4.42. The van der Waals surface area contributed by atoms with Gasteiger partial charge in [0.25, 0.3) is 0 Å². The van der Waals surface area contributed by atoms with Crippen LogP contribution in [0.2, 0.25) is 0 Å². The topological polar surface area (TPSA) is 95.2 Å². The van der Waals surface area contributed by atoms with E-state index in [-0.39, 0.29) is 31.4 Å². The number of hydrogen-bond acceptors (Lipinski definition) is 6. The Morgan fingerprint density at radius 2 is 2.25 bits per heavy atom. The van der Waals surface area contributed by atoms with E-state index in [0.29, 0.717) is 5.82 Å². The zero-order valence-electron chi connectivity index (χ0n) is 13.2. The van der Waals surface area contributed by atoms with Gasteiger partial charge in [0.05, 0.1) is 11.5 Å². The van der Waals surface area contributed by atoms with E-state index in [4.69, 9.17) is 4.74 Å². The van der Waals surface area contributed by atoms with Crippen molar-refractivity contribution < 1.29 is 14.3 Å². The number of esters is 1. The summed E-state index contributed by atoms with van der Waals surface area (Å²) < 4.78 is 7.54. The molecular formula is C15H18N4O4S. The zero-order chi connectivity index (χ0) is 17.1. The smallest absolute Gasteiger partial charge is 0.346 e. The molecule has 2 aromatic heterocycles. The van der Waals surface area contributed by atoms with E-state index < -0.39 is 11.9 Å². The number of nitrogens with one attached hydrogen (secondary N) is 1. The van der Waals surface area contributed by atoms with Gasteiger partial charge in [-0.15, -0.1) is 16.4 Å². The summed E-state index contributed by atoms with van der Waals surface area (Å²) in [5.41, 5.74) is -0.299. The molecule has 8 nitrogen and oxygen atoms in total. The average molecular weight is 350 g/mol. The van der Waals surface area contributed by atoms with Gasteiger partial charge in [-0.05, 0) is 31.2 Å². The van der Waals surface area contributed by atoms with Gasteiger partial charge in [-0.3, -0.25) is 14.2 Å². The highest BCUT2D eigenvalue weighted by Gasteiger charge is 2.31. The lowest BCUT2D eigenvalue weighted by atomic mass is 10.4. The summed E-state index contributed by atoms with van der Waals surface area (Å²) >= 11 is 1.50. The van der Waals surface area contributed by atoms with E-state index in [1.165, 1.54) is 11.3 Å². The Balaban J connectivity index is 1.74. The van der Waals surface area contributed by atoms with Crippen molar-refractivity contribution in [2.24, 2.45) is 0 Å². The molecule has 0 saturated heterocycles. The van der Waals surface area contributed by atoms with E-state index in [0.717, 1.165) is 22.4 Å². The van der Waals surface area contributed by atoms with Crippen LogP contribution in [-0.4, -0.2) is 39.4 Å². The molecule has 3 rings (SSSR count). The van der Waals surface area contributed by atoms with Crippen molar-refractivity contribution in [1.29, 1.82) is 0 Å². The number of ether oxygens (including phenoxy) is 1. The van der Waals surface area contributed by atoms with Crippen LogP contribution < -0.4 is 11.0 Å². The fraction of sp³-hybridized carbons (Fsp3) is 0.467. The summed E-state index contributed by atoms with van der Waals surface area (Å²) in [7, 11) is 0. The molecule has 1 amide bonds. The number of hydrogen-bond donors (Lipinski definition) is 1. The van der Waals surface area contributed by atoms with Crippen molar-refractivity contribution in [2.75, 3.05) is 13.2 Å². The fourth-order valence-electron chi connectivity index (χ4n) is 2.33. The second-order valence-electron chi connectivity index (χ2n) is 5.42. The zero-order valence-corrected chi connectivity index (χ0v) is 14.0. The van der Waals surface area contributed by atoms with Crippen LogP contribution in [0.1, 0.15) is 25.8 Å². The Kier molecular flexibility index (Phi) is 4.79. The normalized spacial score (nSPS) is 13.7. The molecule has 1 aliphatic rings. The van der Waals surface area contributed by atoms with Crippen molar-refractivity contribution in [2.45, 2.75) is 32.4 Å². The quantitative estimate of drug-likeness (QED) is 0.745. The van der Waals surface area contributed by atoms with Crippen LogP contribution in [0.15, 0.2) is 22.3 Å². The first-order valence-electron chi connectivity index (χ1n) is 7.75. The Morgan fingerprint density at radius 3 is 2.88 bits per heavy atom. The van der Waals surface area contributed by atoms with Gasteiger partial charge in [0.1, 0.15) is 13.1 Å². The van der Waals surface area contributed by atoms with Crippen molar-refractivity contribution in [3.63, 3.8) is 0 Å². The van der Waals surface area contributed by atoms with E-state index in [2.05, 4.69) is 10.4 Å². The molecule has 2 aromatic rings. The van der Waals surface area contributed by atoms with Gasteiger partial charge in [0.2, 0.25) is 5.91 Å². The standard InChI is InChI=1S/C15H18N4O4S/c1-2-23-13(21)8-16-12(20)9-18-15(22)19(10-5-6-10)14(17-18)11-4-3-7-24-11/h3-4,7,10H,2,5-6,8-9H2,1H3,(H,16,20). The number of amides is 1. The predicted octanol–water partition coefficient (Wildman–Crippen LogP) is 0.787. The van der Waals surface area contributed by atoms with Gasteiger partial charge in [-0.1, -0.05) is 6.07 Å². The minimum absolute atomic E-state index is 0.158. The van der Waals surface area contributed by atoms with Crippen LogP contribution in [0.25, 0.3) is 10.7 Å². The molecular weight excluding hydrogens is 332 g/mol. The van der Waals surface area contributed by atoms with Crippen molar-refractivity contribution in [3.8, 4) is 10.7 Å². The molecule has 0 aromatic carbocycles. The average Bonchev–Trinajstić information content (AvgIpc) is 3.13. The molecule has 0 atom stereocenters. The van der Waals surface area contributed by atoms with Crippen molar-refractivity contribution >= 4 is 23.2 Å². The van der Waals surface area contributed by atoms with Gasteiger partial charge in [0, 0.05) is 6.04 Å². The van der Waals surface area contributed by atoms with Crippen LogP contribution in [0.5, 0.6) is 0 Å². The molecule has 0 aliphatic heterocycles. The fourth-order valence-corrected chi connectivity index (χ4v) is 3.04. The molecule has 0 unspecified atom stereocenters. The van der Waals surface area contributed by atoms with Crippen LogP contribution in [0.4, 0.5) is 0 Å². The van der Waals surface area contributed by atoms with Crippen molar-refractivity contribution in [1.82, 2.24) is 19.7 Å². The van der Waals surface area contributed by atoms with E-state index in [9.17, 15) is 14.4 Å². The summed E-state index contributed by atoms with van der Waals surface area (Å²) in [6, 6.07) is 3.95. The Hall–Kier alpha value is -2.42. The van der Waals surface area contributed by atoms with Gasteiger partial charge in [0.15, 0.2) is 5.82 Å². The molecule has 9 heteroatoms. The first-order chi connectivity index (χ1) is 11.6. The molecule has 1 N–H and O–H groups in total. The van der Waals surface area contributed by atoms with Crippen LogP contribution in [0, 0.1) is 0 Å². The number of carbonyl (C=O) groups is 2. The molecule has 1 fully saturated rings. The Morgan fingerprint density at radius 1 is 1.46 bits per heavy atom. The molecule has 0 radical (unpaired) electrons. The second kappa shape index (κ2) is 7.00. The number of nitrogens with zero attached hydrogens (tertiary/aromatic N) is 3. The monoisotopic (exact) mass is 350 g/mol. The van der Waals surface area contributed by atoms with E-state index in [1.54, 1.807) is 11.5 Å². The molecule has 0 bridgehead atoms. The third kappa shape index (κ3) is 3.56. The molecule has 24 heavy (non-hydrogen) atoms. The molecule has 1 saturated carbocycles. The second-order valence-corrected chi connectivity index (χ2v) is 6.37. The lowest BCUT2D eigenvalue weighted by Crippen LogP contribution is -2.36. The molecule has 2 heterocycles. The molecule has 1 aliphatic carbocycles. The summed E-state index contributed by atoms with van der Waals surface area (Å²) in [6.07, 6.45) is 1.89. The van der Waals surface area contributed by atoms with E-state index in [1.807, 2.05) is 17.5 Å². The van der Waals surface area contributed by atoms with Gasteiger partial charge in [-0.2, -0.15) is 0 Å². The van der Waals surface area contributed by atoms with Gasteiger partial charge >= 0.3 is 11.7 Å². The summed E-state index contributed by atoms with van der Waals surface area (Å²) in [5.74, 6) is -0.375. The SMILES string of the molecule is CCOC(=O)CNC(=O)Cn1nc(-c2cccs2)n(C2CC2)c1=O.